The van der Waals surface area contributed by atoms with Crippen molar-refractivity contribution in [3.05, 3.63) is 54.1 Å². The second kappa shape index (κ2) is 8.43. The molecule has 2 aromatic carbocycles. The third-order valence-electron chi connectivity index (χ3n) is 3.20. The van der Waals surface area contributed by atoms with Gasteiger partial charge in [-0.05, 0) is 36.4 Å². The van der Waals surface area contributed by atoms with E-state index in [-0.39, 0.29) is 22.1 Å². The molecule has 9 nitrogen and oxygen atoms in total. The molecule has 4 N–H and O–H groups in total. The summed E-state index contributed by atoms with van der Waals surface area (Å²) in [5, 5.41) is 9.96. The van der Waals surface area contributed by atoms with E-state index in [0.717, 1.165) is 0 Å². The SMILES string of the molecule is CC(=O)Nc1cccc(C(=O)OCC(=O)Nc2cccc(S(N)(=O)=O)c2)c1. The van der Waals surface area contributed by atoms with Crippen LogP contribution >= 0.6 is 0 Å². The molecule has 0 bridgehead atoms. The number of carbonyl (C=O) groups excluding carboxylic acids is 3. The molecule has 0 saturated carbocycles. The van der Waals surface area contributed by atoms with E-state index >= 15 is 0 Å². The summed E-state index contributed by atoms with van der Waals surface area (Å²) < 4.78 is 27.5. The first kappa shape index (κ1) is 20.1. The van der Waals surface area contributed by atoms with Crippen molar-refractivity contribution < 1.29 is 27.5 Å². The molecule has 0 aromatic heterocycles. The average Bonchev–Trinajstić information content (AvgIpc) is 2.59. The highest BCUT2D eigenvalue weighted by atomic mass is 32.2. The maximum Gasteiger partial charge on any atom is 0.338 e. The van der Waals surface area contributed by atoms with Crippen molar-refractivity contribution >= 4 is 39.2 Å². The van der Waals surface area contributed by atoms with Gasteiger partial charge in [-0.1, -0.05) is 12.1 Å². The Kier molecular flexibility index (Phi) is 6.27. The van der Waals surface area contributed by atoms with E-state index in [4.69, 9.17) is 9.88 Å². The van der Waals surface area contributed by atoms with Crippen molar-refractivity contribution in [2.45, 2.75) is 11.8 Å². The first-order valence-electron chi connectivity index (χ1n) is 7.62. The van der Waals surface area contributed by atoms with Crippen LogP contribution in [-0.4, -0.2) is 32.8 Å². The summed E-state index contributed by atoms with van der Waals surface area (Å²) in [5.74, 6) is -1.70. The monoisotopic (exact) mass is 391 g/mol. The van der Waals surface area contributed by atoms with E-state index < -0.39 is 28.5 Å². The van der Waals surface area contributed by atoms with E-state index in [2.05, 4.69) is 10.6 Å². The normalized spacial score (nSPS) is 10.7. The van der Waals surface area contributed by atoms with Gasteiger partial charge in [0.05, 0.1) is 10.5 Å². The number of nitrogens with two attached hydrogens (primary N) is 1. The van der Waals surface area contributed by atoms with Gasteiger partial charge in [-0.3, -0.25) is 9.59 Å². The third-order valence-corrected chi connectivity index (χ3v) is 4.11. The van der Waals surface area contributed by atoms with Gasteiger partial charge >= 0.3 is 5.97 Å². The molecule has 0 heterocycles. The molecule has 2 aromatic rings. The van der Waals surface area contributed by atoms with Gasteiger partial charge in [0.15, 0.2) is 6.61 Å². The molecule has 0 unspecified atom stereocenters. The van der Waals surface area contributed by atoms with Gasteiger partial charge in [0.1, 0.15) is 0 Å². The number of primary sulfonamides is 1. The van der Waals surface area contributed by atoms with Crippen LogP contribution in [-0.2, 0) is 24.3 Å². The van der Waals surface area contributed by atoms with Gasteiger partial charge in [0, 0.05) is 18.3 Å². The maximum atomic E-state index is 12.0. The quantitative estimate of drug-likeness (QED) is 0.629. The fraction of sp³-hybridized carbons (Fsp3) is 0.118. The second-order valence-corrected chi connectivity index (χ2v) is 7.02. The Morgan fingerprint density at radius 3 is 2.26 bits per heavy atom. The Morgan fingerprint density at radius 1 is 1.00 bits per heavy atom. The van der Waals surface area contributed by atoms with Crippen molar-refractivity contribution in [2.75, 3.05) is 17.2 Å². The molecule has 0 saturated heterocycles. The van der Waals surface area contributed by atoms with Crippen LogP contribution < -0.4 is 15.8 Å². The van der Waals surface area contributed by atoms with Crippen molar-refractivity contribution in [1.82, 2.24) is 0 Å². The molecule has 0 atom stereocenters. The molecule has 27 heavy (non-hydrogen) atoms. The standard InChI is InChI=1S/C17H17N3O6S/c1-11(21)19-13-5-2-4-12(8-13)17(23)26-10-16(22)20-14-6-3-7-15(9-14)27(18,24)25/h2-9H,10H2,1H3,(H,19,21)(H,20,22)(H2,18,24,25). The van der Waals surface area contributed by atoms with Gasteiger partial charge in [0.25, 0.3) is 5.91 Å². The number of rotatable bonds is 6. The summed E-state index contributed by atoms with van der Waals surface area (Å²) in [6, 6.07) is 11.4. The summed E-state index contributed by atoms with van der Waals surface area (Å²) >= 11 is 0. The Hall–Kier alpha value is -3.24. The number of carbonyl (C=O) groups is 3. The molecule has 0 fully saturated rings. The minimum absolute atomic E-state index is 0.158. The minimum atomic E-state index is -3.90. The Bertz CT molecular complexity index is 988. The lowest BCUT2D eigenvalue weighted by atomic mass is 10.2. The lowest BCUT2D eigenvalue weighted by Crippen LogP contribution is -2.21. The maximum absolute atomic E-state index is 12.0. The van der Waals surface area contributed by atoms with E-state index in [1.807, 2.05) is 0 Å². The van der Waals surface area contributed by atoms with Crippen molar-refractivity contribution in [2.24, 2.45) is 5.14 Å². The van der Waals surface area contributed by atoms with Crippen LogP contribution in [0.4, 0.5) is 11.4 Å². The minimum Gasteiger partial charge on any atom is -0.452 e. The fourth-order valence-electron chi connectivity index (χ4n) is 2.09. The Labute approximate surface area is 155 Å². The van der Waals surface area contributed by atoms with E-state index in [0.29, 0.717) is 5.69 Å². The lowest BCUT2D eigenvalue weighted by molar-refractivity contribution is -0.119. The highest BCUT2D eigenvalue weighted by Gasteiger charge is 2.13. The zero-order chi connectivity index (χ0) is 20.0. The number of hydrogen-bond donors (Lipinski definition) is 3. The first-order valence-corrected chi connectivity index (χ1v) is 9.17. The van der Waals surface area contributed by atoms with Gasteiger partial charge < -0.3 is 15.4 Å². The summed E-state index contributed by atoms with van der Waals surface area (Å²) in [4.78, 5) is 34.8. The molecular formula is C17H17N3O6S. The van der Waals surface area contributed by atoms with Crippen LogP contribution in [0.1, 0.15) is 17.3 Å². The van der Waals surface area contributed by atoms with Crippen LogP contribution in [0.5, 0.6) is 0 Å². The predicted molar refractivity (Wildman–Crippen MR) is 97.5 cm³/mol. The topological polar surface area (TPSA) is 145 Å². The van der Waals surface area contributed by atoms with Crippen LogP contribution in [0, 0.1) is 0 Å². The van der Waals surface area contributed by atoms with Crippen LogP contribution in [0.3, 0.4) is 0 Å². The number of nitrogens with one attached hydrogen (secondary N) is 2. The molecule has 10 heteroatoms. The molecule has 2 amide bonds. The van der Waals surface area contributed by atoms with Gasteiger partial charge in [-0.2, -0.15) is 0 Å². The van der Waals surface area contributed by atoms with E-state index in [1.165, 1.54) is 43.3 Å². The largest absolute Gasteiger partial charge is 0.452 e. The molecule has 2 rings (SSSR count). The molecular weight excluding hydrogens is 374 g/mol. The predicted octanol–water partition coefficient (Wildman–Crippen LogP) is 1.09. The average molecular weight is 391 g/mol. The number of benzene rings is 2. The Balaban J connectivity index is 1.96. The third kappa shape index (κ3) is 6.20. The van der Waals surface area contributed by atoms with Crippen molar-refractivity contribution in [1.29, 1.82) is 0 Å². The van der Waals surface area contributed by atoms with Gasteiger partial charge in [0.2, 0.25) is 15.9 Å². The number of esters is 1. The fourth-order valence-corrected chi connectivity index (χ4v) is 2.65. The van der Waals surface area contributed by atoms with Gasteiger partial charge in [-0.25, -0.2) is 18.4 Å². The van der Waals surface area contributed by atoms with Gasteiger partial charge in [-0.15, -0.1) is 0 Å². The molecule has 0 radical (unpaired) electrons. The van der Waals surface area contributed by atoms with Crippen LogP contribution in [0.25, 0.3) is 0 Å². The lowest BCUT2D eigenvalue weighted by Gasteiger charge is -2.08. The van der Waals surface area contributed by atoms with E-state index in [9.17, 15) is 22.8 Å². The first-order chi connectivity index (χ1) is 12.6. The number of amides is 2. The van der Waals surface area contributed by atoms with Crippen molar-refractivity contribution in [3.8, 4) is 0 Å². The smallest absolute Gasteiger partial charge is 0.338 e. The van der Waals surface area contributed by atoms with E-state index in [1.54, 1.807) is 12.1 Å². The molecule has 0 aliphatic carbocycles. The molecule has 0 spiro atoms. The number of sulfonamides is 1. The molecule has 142 valence electrons. The van der Waals surface area contributed by atoms with Crippen molar-refractivity contribution in [3.63, 3.8) is 0 Å². The number of ether oxygens (including phenoxy) is 1. The Morgan fingerprint density at radius 2 is 1.63 bits per heavy atom. The summed E-state index contributed by atoms with van der Waals surface area (Å²) in [6.07, 6.45) is 0. The van der Waals surface area contributed by atoms with Crippen LogP contribution in [0.2, 0.25) is 0 Å². The summed E-state index contributed by atoms with van der Waals surface area (Å²) in [5.41, 5.74) is 0.765. The van der Waals surface area contributed by atoms with Crippen LogP contribution in [0.15, 0.2) is 53.4 Å². The molecule has 0 aliphatic rings. The summed E-state index contributed by atoms with van der Waals surface area (Å²) in [7, 11) is -3.90. The zero-order valence-electron chi connectivity index (χ0n) is 14.3. The number of anilines is 2. The zero-order valence-corrected chi connectivity index (χ0v) is 15.1. The number of hydrogen-bond acceptors (Lipinski definition) is 6. The highest BCUT2D eigenvalue weighted by molar-refractivity contribution is 7.89. The summed E-state index contributed by atoms with van der Waals surface area (Å²) in [6.45, 7) is 0.753. The second-order valence-electron chi connectivity index (χ2n) is 5.46. The molecule has 0 aliphatic heterocycles. The highest BCUT2D eigenvalue weighted by Crippen LogP contribution is 2.14.